The molecular weight excluding hydrogens is 290 g/mol. The van der Waals surface area contributed by atoms with Gasteiger partial charge in [-0.25, -0.2) is 4.99 Å². The van der Waals surface area contributed by atoms with Crippen LogP contribution in [0.3, 0.4) is 0 Å². The van der Waals surface area contributed by atoms with E-state index in [9.17, 15) is 4.79 Å². The Kier molecular flexibility index (Phi) is 6.11. The van der Waals surface area contributed by atoms with Crippen molar-refractivity contribution in [3.63, 3.8) is 0 Å². The van der Waals surface area contributed by atoms with Crippen LogP contribution in [0.15, 0.2) is 53.7 Å². The number of hydrogen-bond acceptors (Lipinski definition) is 3. The molecule has 0 saturated carbocycles. The van der Waals surface area contributed by atoms with Gasteiger partial charge in [-0.05, 0) is 36.8 Å². The average molecular weight is 311 g/mol. The first-order chi connectivity index (χ1) is 11.2. The minimum atomic E-state index is -0.426. The molecule has 0 atom stereocenters. The third-order valence-electron chi connectivity index (χ3n) is 3.17. The Balaban J connectivity index is 1.96. The van der Waals surface area contributed by atoms with Gasteiger partial charge < -0.3 is 16.4 Å². The number of aromatic nitrogens is 1. The Labute approximate surface area is 135 Å². The van der Waals surface area contributed by atoms with E-state index in [1.54, 1.807) is 18.3 Å². The molecule has 4 N–H and O–H groups in total. The van der Waals surface area contributed by atoms with Gasteiger partial charge in [-0.1, -0.05) is 18.2 Å². The van der Waals surface area contributed by atoms with E-state index in [4.69, 9.17) is 5.73 Å². The lowest BCUT2D eigenvalue weighted by atomic mass is 10.1. The Hall–Kier alpha value is -2.89. The first kappa shape index (κ1) is 16.5. The number of pyridine rings is 1. The van der Waals surface area contributed by atoms with Crippen LogP contribution in [0.2, 0.25) is 0 Å². The molecule has 1 aromatic carbocycles. The van der Waals surface area contributed by atoms with Crippen LogP contribution < -0.4 is 16.4 Å². The number of carbonyl (C=O) groups excluding carboxylic acids is 1. The van der Waals surface area contributed by atoms with Crippen molar-refractivity contribution in [1.82, 2.24) is 15.6 Å². The molecule has 2 rings (SSSR count). The molecule has 0 fully saturated rings. The lowest BCUT2D eigenvalue weighted by Crippen LogP contribution is -2.37. The van der Waals surface area contributed by atoms with Gasteiger partial charge in [0.2, 0.25) is 5.91 Å². The molecule has 0 aliphatic carbocycles. The van der Waals surface area contributed by atoms with Crippen molar-refractivity contribution in [2.75, 3.05) is 6.54 Å². The smallest absolute Gasteiger partial charge is 0.248 e. The summed E-state index contributed by atoms with van der Waals surface area (Å²) in [5.74, 6) is 0.294. The number of nitrogens with one attached hydrogen (secondary N) is 2. The van der Waals surface area contributed by atoms with Gasteiger partial charge in [-0.15, -0.1) is 0 Å². The predicted molar refractivity (Wildman–Crippen MR) is 90.9 cm³/mol. The highest BCUT2D eigenvalue weighted by Crippen LogP contribution is 2.05. The van der Waals surface area contributed by atoms with Crippen molar-refractivity contribution in [3.8, 4) is 0 Å². The van der Waals surface area contributed by atoms with Crippen LogP contribution in [0.1, 0.15) is 28.5 Å². The van der Waals surface area contributed by atoms with Crippen LogP contribution in [-0.4, -0.2) is 23.4 Å². The van der Waals surface area contributed by atoms with Crippen molar-refractivity contribution in [2.45, 2.75) is 20.0 Å². The lowest BCUT2D eigenvalue weighted by Gasteiger charge is -2.11. The van der Waals surface area contributed by atoms with Gasteiger partial charge in [0.05, 0.1) is 18.8 Å². The van der Waals surface area contributed by atoms with Crippen molar-refractivity contribution < 1.29 is 4.79 Å². The highest BCUT2D eigenvalue weighted by molar-refractivity contribution is 5.92. The van der Waals surface area contributed by atoms with Crippen LogP contribution in [0.25, 0.3) is 0 Å². The van der Waals surface area contributed by atoms with Crippen molar-refractivity contribution >= 4 is 11.9 Å². The van der Waals surface area contributed by atoms with Crippen LogP contribution in [0, 0.1) is 0 Å². The molecule has 2 aromatic rings. The SMILES string of the molecule is CCNC(=NCc1ccc(C(N)=O)cc1)NCc1ccccn1. The average Bonchev–Trinajstić information content (AvgIpc) is 2.58. The summed E-state index contributed by atoms with van der Waals surface area (Å²) >= 11 is 0. The topological polar surface area (TPSA) is 92.4 Å². The summed E-state index contributed by atoms with van der Waals surface area (Å²) in [7, 11) is 0. The van der Waals surface area contributed by atoms with Gasteiger partial charge >= 0.3 is 0 Å². The number of rotatable bonds is 6. The van der Waals surface area contributed by atoms with Gasteiger partial charge in [0.1, 0.15) is 0 Å². The van der Waals surface area contributed by atoms with E-state index in [1.807, 2.05) is 37.3 Å². The predicted octanol–water partition coefficient (Wildman–Crippen LogP) is 1.44. The Morgan fingerprint density at radius 2 is 1.96 bits per heavy atom. The normalized spacial score (nSPS) is 11.1. The number of aliphatic imine (C=N–C) groups is 1. The van der Waals surface area contributed by atoms with Crippen LogP contribution >= 0.6 is 0 Å². The van der Waals surface area contributed by atoms with Gasteiger partial charge in [0.15, 0.2) is 5.96 Å². The first-order valence-electron chi connectivity index (χ1n) is 7.50. The highest BCUT2D eigenvalue weighted by atomic mass is 16.1. The third kappa shape index (κ3) is 5.43. The van der Waals surface area contributed by atoms with E-state index < -0.39 is 5.91 Å². The molecule has 6 heteroatoms. The fraction of sp³-hybridized carbons (Fsp3) is 0.235. The number of hydrogen-bond donors (Lipinski definition) is 3. The summed E-state index contributed by atoms with van der Waals surface area (Å²) in [6.07, 6.45) is 1.77. The van der Waals surface area contributed by atoms with Crippen molar-refractivity contribution in [1.29, 1.82) is 0 Å². The molecule has 6 nitrogen and oxygen atoms in total. The van der Waals surface area contributed by atoms with E-state index >= 15 is 0 Å². The lowest BCUT2D eigenvalue weighted by molar-refractivity contribution is 0.100. The summed E-state index contributed by atoms with van der Waals surface area (Å²) in [4.78, 5) is 19.8. The summed E-state index contributed by atoms with van der Waals surface area (Å²) in [6.45, 7) is 3.90. The molecule has 0 saturated heterocycles. The van der Waals surface area contributed by atoms with Gasteiger partial charge in [-0.3, -0.25) is 9.78 Å². The van der Waals surface area contributed by atoms with Gasteiger partial charge in [-0.2, -0.15) is 0 Å². The van der Waals surface area contributed by atoms with E-state index in [1.165, 1.54) is 0 Å². The Bertz CT molecular complexity index is 652. The van der Waals surface area contributed by atoms with Crippen LogP contribution in [0.5, 0.6) is 0 Å². The van der Waals surface area contributed by atoms with E-state index in [0.29, 0.717) is 18.7 Å². The molecule has 1 heterocycles. The van der Waals surface area contributed by atoms with Crippen LogP contribution in [-0.2, 0) is 13.1 Å². The summed E-state index contributed by atoms with van der Waals surface area (Å²) in [5.41, 5.74) is 7.68. The molecule has 1 amide bonds. The molecule has 1 aromatic heterocycles. The summed E-state index contributed by atoms with van der Waals surface area (Å²) in [6, 6.07) is 12.9. The fourth-order valence-corrected chi connectivity index (χ4v) is 1.96. The monoisotopic (exact) mass is 311 g/mol. The second-order valence-corrected chi connectivity index (χ2v) is 4.93. The van der Waals surface area contributed by atoms with Crippen molar-refractivity contribution in [3.05, 3.63) is 65.5 Å². The Morgan fingerprint density at radius 3 is 2.57 bits per heavy atom. The maximum absolute atomic E-state index is 11.1. The zero-order valence-corrected chi connectivity index (χ0v) is 13.1. The van der Waals surface area contributed by atoms with Gasteiger partial charge in [0.25, 0.3) is 0 Å². The maximum atomic E-state index is 11.1. The standard InChI is InChI=1S/C17H21N5O/c1-2-19-17(22-12-15-5-3-4-10-20-15)21-11-13-6-8-14(9-7-13)16(18)23/h3-10H,2,11-12H2,1H3,(H2,18,23)(H2,19,21,22). The van der Waals surface area contributed by atoms with E-state index in [0.717, 1.165) is 23.8 Å². The number of nitrogens with two attached hydrogens (primary N) is 1. The first-order valence-corrected chi connectivity index (χ1v) is 7.50. The minimum Gasteiger partial charge on any atom is -0.366 e. The zero-order valence-electron chi connectivity index (χ0n) is 13.1. The second-order valence-electron chi connectivity index (χ2n) is 4.93. The molecule has 23 heavy (non-hydrogen) atoms. The fourth-order valence-electron chi connectivity index (χ4n) is 1.96. The number of amides is 1. The number of carbonyl (C=O) groups is 1. The van der Waals surface area contributed by atoms with E-state index in [-0.39, 0.29) is 0 Å². The number of guanidine groups is 1. The third-order valence-corrected chi connectivity index (χ3v) is 3.17. The molecule has 0 bridgehead atoms. The molecule has 0 unspecified atom stereocenters. The maximum Gasteiger partial charge on any atom is 0.248 e. The number of nitrogens with zero attached hydrogens (tertiary/aromatic N) is 2. The van der Waals surface area contributed by atoms with Gasteiger partial charge in [0, 0.05) is 18.3 Å². The highest BCUT2D eigenvalue weighted by Gasteiger charge is 2.01. The second kappa shape index (κ2) is 8.53. The van der Waals surface area contributed by atoms with Crippen LogP contribution in [0.4, 0.5) is 0 Å². The van der Waals surface area contributed by atoms with Crippen molar-refractivity contribution in [2.24, 2.45) is 10.7 Å². The number of benzene rings is 1. The molecule has 120 valence electrons. The molecule has 0 aliphatic heterocycles. The minimum absolute atomic E-state index is 0.426. The molecule has 0 aliphatic rings. The number of primary amides is 1. The molecule has 0 radical (unpaired) electrons. The summed E-state index contributed by atoms with van der Waals surface area (Å²) < 4.78 is 0. The zero-order chi connectivity index (χ0) is 16.5. The molecule has 0 spiro atoms. The molecular formula is C17H21N5O. The summed E-state index contributed by atoms with van der Waals surface area (Å²) in [5, 5.41) is 6.43. The largest absolute Gasteiger partial charge is 0.366 e. The Morgan fingerprint density at radius 1 is 1.17 bits per heavy atom. The van der Waals surface area contributed by atoms with E-state index in [2.05, 4.69) is 20.6 Å². The quantitative estimate of drug-likeness (QED) is 0.556.